The van der Waals surface area contributed by atoms with E-state index < -0.39 is 69.0 Å². The highest BCUT2D eigenvalue weighted by Gasteiger charge is 2.62. The van der Waals surface area contributed by atoms with Gasteiger partial charge in [-0.15, -0.1) is 0 Å². The molecule has 13 nitrogen and oxygen atoms in total. The molecule has 0 spiro atoms. The quantitative estimate of drug-likeness (QED) is 0.175. The molecule has 4 aliphatic rings. The third-order valence-corrected chi connectivity index (χ3v) is 9.93. The monoisotopic (exact) mass is 642 g/mol. The van der Waals surface area contributed by atoms with E-state index in [0.29, 0.717) is 11.1 Å². The molecule has 2 saturated heterocycles. The second-order valence-corrected chi connectivity index (χ2v) is 12.2. The third-order valence-electron chi connectivity index (χ3n) is 9.61. The number of non-ortho nitro benzene ring substituents is 2. The van der Waals surface area contributed by atoms with E-state index in [-0.39, 0.29) is 46.4 Å². The molecule has 2 heterocycles. The van der Waals surface area contributed by atoms with Crippen LogP contribution in [-0.2, 0) is 19.2 Å². The fourth-order valence-electron chi connectivity index (χ4n) is 7.66. The predicted molar refractivity (Wildman–Crippen MR) is 162 cm³/mol. The van der Waals surface area contributed by atoms with Gasteiger partial charge in [-0.1, -0.05) is 29.3 Å². The van der Waals surface area contributed by atoms with Gasteiger partial charge in [0.25, 0.3) is 11.4 Å². The highest BCUT2D eigenvalue weighted by Crippen LogP contribution is 2.59. The molecular formula is C32H23ClN4O9. The minimum atomic E-state index is -0.929. The number of phenolic OH excluding ortho intramolecular Hbond substituents is 1. The first kappa shape index (κ1) is 29.3. The molecule has 1 N–H and O–H groups in total. The molecule has 7 rings (SSSR count). The second-order valence-electron chi connectivity index (χ2n) is 11.8. The van der Waals surface area contributed by atoms with Crippen molar-refractivity contribution in [3.63, 3.8) is 0 Å². The number of hydrogen-bond acceptors (Lipinski definition) is 9. The molecule has 3 aromatic rings. The Kier molecular flexibility index (Phi) is 6.74. The molecule has 0 bridgehead atoms. The van der Waals surface area contributed by atoms with Crippen LogP contribution in [0.15, 0.2) is 78.4 Å². The smallest absolute Gasteiger partial charge is 0.269 e. The Bertz CT molecular complexity index is 1910. The SMILES string of the molecule is O=C1C2CC=C3C(CC4C(=O)N(c5ccc([N+](=O)[O-])cc5)C(=O)C4C3c3ccc(O)cc3Cl)C2C(=O)N1c1ccc([N+](=O)[O-])cc1. The van der Waals surface area contributed by atoms with Crippen LogP contribution in [0.2, 0.25) is 5.02 Å². The van der Waals surface area contributed by atoms with Gasteiger partial charge in [-0.25, -0.2) is 0 Å². The van der Waals surface area contributed by atoms with Crippen molar-refractivity contribution in [3.8, 4) is 5.75 Å². The number of nitro benzene ring substituents is 2. The number of imide groups is 2. The van der Waals surface area contributed by atoms with Gasteiger partial charge in [-0.3, -0.25) is 49.2 Å². The lowest BCUT2D eigenvalue weighted by atomic mass is 9.57. The second kappa shape index (κ2) is 10.6. The summed E-state index contributed by atoms with van der Waals surface area (Å²) in [6.45, 7) is 0. The van der Waals surface area contributed by atoms with Crippen LogP contribution in [0, 0.1) is 49.8 Å². The van der Waals surface area contributed by atoms with Crippen LogP contribution in [0.1, 0.15) is 24.3 Å². The van der Waals surface area contributed by atoms with Crippen molar-refractivity contribution in [1.82, 2.24) is 0 Å². The molecule has 2 aliphatic carbocycles. The van der Waals surface area contributed by atoms with Gasteiger partial charge in [-0.2, -0.15) is 0 Å². The Morgan fingerprint density at radius 2 is 1.22 bits per heavy atom. The highest BCUT2D eigenvalue weighted by molar-refractivity contribution is 6.32. The zero-order chi connectivity index (χ0) is 32.6. The fraction of sp³-hybridized carbons (Fsp3) is 0.250. The van der Waals surface area contributed by atoms with E-state index in [1.165, 1.54) is 60.7 Å². The number of aromatic hydroxyl groups is 1. The van der Waals surface area contributed by atoms with Crippen LogP contribution in [0.25, 0.3) is 0 Å². The molecule has 4 amide bonds. The Morgan fingerprint density at radius 3 is 1.74 bits per heavy atom. The average Bonchev–Trinajstić information content (AvgIpc) is 3.44. The summed E-state index contributed by atoms with van der Waals surface area (Å²) in [7, 11) is 0. The molecule has 3 fully saturated rings. The summed E-state index contributed by atoms with van der Waals surface area (Å²) in [5, 5.41) is 32.6. The van der Waals surface area contributed by atoms with Crippen LogP contribution in [0.4, 0.5) is 22.7 Å². The van der Waals surface area contributed by atoms with E-state index >= 15 is 0 Å². The number of nitro groups is 2. The van der Waals surface area contributed by atoms with Gasteiger partial charge in [-0.05, 0) is 60.7 Å². The van der Waals surface area contributed by atoms with Crippen LogP contribution < -0.4 is 9.80 Å². The van der Waals surface area contributed by atoms with E-state index in [0.717, 1.165) is 9.80 Å². The first-order valence-corrected chi connectivity index (χ1v) is 14.8. The zero-order valence-corrected chi connectivity index (χ0v) is 24.4. The molecular weight excluding hydrogens is 620 g/mol. The summed E-state index contributed by atoms with van der Waals surface area (Å²) in [6, 6.07) is 14.5. The van der Waals surface area contributed by atoms with Gasteiger partial charge >= 0.3 is 0 Å². The van der Waals surface area contributed by atoms with Gasteiger partial charge in [0.05, 0.1) is 44.9 Å². The van der Waals surface area contributed by atoms with E-state index in [9.17, 15) is 44.5 Å². The van der Waals surface area contributed by atoms with Crippen molar-refractivity contribution in [2.75, 3.05) is 9.80 Å². The van der Waals surface area contributed by atoms with E-state index in [4.69, 9.17) is 11.6 Å². The number of rotatable bonds is 5. The van der Waals surface area contributed by atoms with Crippen LogP contribution in [0.3, 0.4) is 0 Å². The van der Waals surface area contributed by atoms with Crippen molar-refractivity contribution in [3.05, 3.63) is 109 Å². The summed E-state index contributed by atoms with van der Waals surface area (Å²) in [6.07, 6.45) is 2.11. The predicted octanol–water partition coefficient (Wildman–Crippen LogP) is 4.91. The number of carbonyl (C=O) groups excluding carboxylic acids is 4. The Hall–Kier alpha value is -5.43. The fourth-order valence-corrected chi connectivity index (χ4v) is 7.95. The molecule has 1 saturated carbocycles. The lowest BCUT2D eigenvalue weighted by molar-refractivity contribution is -0.385. The van der Waals surface area contributed by atoms with Crippen molar-refractivity contribution >= 4 is 58.0 Å². The number of allylic oxidation sites excluding steroid dienone is 2. The summed E-state index contributed by atoms with van der Waals surface area (Å²) in [4.78, 5) is 79.1. The van der Waals surface area contributed by atoms with Gasteiger partial charge < -0.3 is 5.11 Å². The molecule has 0 aromatic heterocycles. The van der Waals surface area contributed by atoms with Gasteiger partial charge in [0.2, 0.25) is 23.6 Å². The third kappa shape index (κ3) is 4.30. The van der Waals surface area contributed by atoms with Crippen molar-refractivity contribution in [1.29, 1.82) is 0 Å². The zero-order valence-electron chi connectivity index (χ0n) is 23.7. The number of carbonyl (C=O) groups is 4. The Balaban J connectivity index is 1.31. The minimum Gasteiger partial charge on any atom is -0.508 e. The van der Waals surface area contributed by atoms with E-state index in [1.807, 2.05) is 6.08 Å². The normalized spacial score (nSPS) is 26.8. The number of hydrogen-bond donors (Lipinski definition) is 1. The molecule has 6 atom stereocenters. The van der Waals surface area contributed by atoms with Crippen LogP contribution >= 0.6 is 11.6 Å². The van der Waals surface area contributed by atoms with Gasteiger partial charge in [0, 0.05) is 35.2 Å². The van der Waals surface area contributed by atoms with Crippen molar-refractivity contribution in [2.24, 2.45) is 29.6 Å². The van der Waals surface area contributed by atoms with Crippen molar-refractivity contribution < 1.29 is 34.1 Å². The lowest BCUT2D eigenvalue weighted by Gasteiger charge is -2.44. The van der Waals surface area contributed by atoms with Crippen molar-refractivity contribution in [2.45, 2.75) is 18.8 Å². The molecule has 14 heteroatoms. The number of fused-ring (bicyclic) bond motifs is 4. The first-order valence-electron chi connectivity index (χ1n) is 14.4. The largest absolute Gasteiger partial charge is 0.508 e. The summed E-state index contributed by atoms with van der Waals surface area (Å²) >= 11 is 6.63. The average molecular weight is 643 g/mol. The van der Waals surface area contributed by atoms with Crippen LogP contribution in [-0.4, -0.2) is 38.6 Å². The number of benzene rings is 3. The van der Waals surface area contributed by atoms with Crippen LogP contribution in [0.5, 0.6) is 5.75 Å². The molecule has 3 aromatic carbocycles. The maximum atomic E-state index is 14.1. The standard InChI is InChI=1S/C32H23ClN4O9/c33-25-13-19(38)9-10-21(25)26-20-11-12-22-27(31(41)34(29(22)39)15-1-5-17(6-2-15)36(43)44)23(20)14-24-28(26)32(42)35(30(24)40)16-3-7-18(8-4-16)37(45)46/h1-11,13,22-24,26-28,38H,12,14H2. The van der Waals surface area contributed by atoms with E-state index in [1.54, 1.807) is 6.07 Å². The maximum Gasteiger partial charge on any atom is 0.269 e. The highest BCUT2D eigenvalue weighted by atomic mass is 35.5. The molecule has 232 valence electrons. The topological polar surface area (TPSA) is 181 Å². The number of halogens is 1. The number of amides is 4. The van der Waals surface area contributed by atoms with Gasteiger partial charge in [0.1, 0.15) is 5.75 Å². The Labute approximate surface area is 265 Å². The molecule has 46 heavy (non-hydrogen) atoms. The Morgan fingerprint density at radius 1 is 0.696 bits per heavy atom. The lowest BCUT2D eigenvalue weighted by Crippen LogP contribution is -2.43. The molecule has 0 radical (unpaired) electrons. The molecule has 6 unspecified atom stereocenters. The number of anilines is 2. The summed E-state index contributed by atoms with van der Waals surface area (Å²) < 4.78 is 0. The number of phenols is 1. The first-order chi connectivity index (χ1) is 22.0. The summed E-state index contributed by atoms with van der Waals surface area (Å²) in [5.41, 5.74) is 1.11. The van der Waals surface area contributed by atoms with Gasteiger partial charge in [0.15, 0.2) is 0 Å². The summed E-state index contributed by atoms with van der Waals surface area (Å²) in [5.74, 6) is -6.96. The minimum absolute atomic E-state index is 0.0883. The molecule has 2 aliphatic heterocycles. The van der Waals surface area contributed by atoms with E-state index in [2.05, 4.69) is 0 Å². The maximum absolute atomic E-state index is 14.1. The number of nitrogens with zero attached hydrogens (tertiary/aromatic N) is 4.